The van der Waals surface area contributed by atoms with Crippen molar-refractivity contribution in [1.82, 2.24) is 14.1 Å². The highest BCUT2D eigenvalue weighted by Gasteiger charge is 2.50. The molecule has 5 aromatic rings. The molecule has 0 aliphatic rings. The summed E-state index contributed by atoms with van der Waals surface area (Å²) in [7, 11) is 3.07. The van der Waals surface area contributed by atoms with Crippen molar-refractivity contribution in [3.63, 3.8) is 0 Å². The largest absolute Gasteiger partial charge is 0.479 e. The van der Waals surface area contributed by atoms with E-state index in [1.807, 2.05) is 0 Å². The van der Waals surface area contributed by atoms with Gasteiger partial charge >= 0.3 is 11.9 Å². The first-order valence-electron chi connectivity index (χ1n) is 13.3. The van der Waals surface area contributed by atoms with Crippen LogP contribution in [0.1, 0.15) is 27.9 Å². The van der Waals surface area contributed by atoms with Gasteiger partial charge < -0.3 is 34.7 Å². The molecule has 0 fully saturated rings. The monoisotopic (exact) mass is 627 g/mol. The van der Waals surface area contributed by atoms with Crippen LogP contribution in [0.3, 0.4) is 0 Å². The number of hydrogen-bond acceptors (Lipinski definition) is 7. The Morgan fingerprint density at radius 3 is 2.24 bits per heavy atom. The van der Waals surface area contributed by atoms with Gasteiger partial charge in [-0.25, -0.2) is 14.6 Å². The van der Waals surface area contributed by atoms with Crippen molar-refractivity contribution in [3.8, 4) is 23.5 Å². The molecule has 228 valence electrons. The van der Waals surface area contributed by atoms with Crippen LogP contribution in [0.4, 0.5) is 0 Å². The number of pyridine rings is 1. The molecule has 45 heavy (non-hydrogen) atoms. The van der Waals surface area contributed by atoms with Crippen LogP contribution in [0.2, 0.25) is 5.02 Å². The average molecular weight is 628 g/mol. The van der Waals surface area contributed by atoms with E-state index >= 15 is 0 Å². The number of fused-ring (bicyclic) bond motifs is 1. The maximum atomic E-state index is 14.5. The number of terminal acetylenes is 1. The highest BCUT2D eigenvalue weighted by Crippen LogP contribution is 2.43. The summed E-state index contributed by atoms with van der Waals surface area (Å²) in [5.41, 5.74) is -5.31. The normalized spacial score (nSPS) is 14.7. The molecule has 0 aliphatic carbocycles. The lowest BCUT2D eigenvalue weighted by Crippen LogP contribution is -2.50. The first kappa shape index (κ1) is 31.2. The molecule has 3 atom stereocenters. The molecule has 5 N–H and O–H groups in total. The molecule has 5 rings (SSSR count). The van der Waals surface area contributed by atoms with Crippen LogP contribution in [-0.2, 0) is 34.9 Å². The molecular weight excluding hydrogens is 602 g/mol. The molecule has 0 amide bonds. The van der Waals surface area contributed by atoms with Gasteiger partial charge in [0.05, 0.1) is 29.3 Å². The molecule has 2 heterocycles. The number of rotatable bonds is 8. The van der Waals surface area contributed by atoms with E-state index in [2.05, 4.69) is 10.9 Å². The molecule has 2 aromatic heterocycles. The van der Waals surface area contributed by atoms with E-state index in [0.29, 0.717) is 16.1 Å². The van der Waals surface area contributed by atoms with E-state index in [9.17, 15) is 39.9 Å². The fraction of sp³-hybridized carbons (Fsp3) is 0.152. The second-order valence-electron chi connectivity index (χ2n) is 10.5. The molecule has 11 nitrogen and oxygen atoms in total. The van der Waals surface area contributed by atoms with Crippen LogP contribution in [0.5, 0.6) is 0 Å². The van der Waals surface area contributed by atoms with Gasteiger partial charge in [-0.1, -0.05) is 47.9 Å². The van der Waals surface area contributed by atoms with Crippen molar-refractivity contribution in [2.75, 3.05) is 0 Å². The number of carboxylic acids is 2. The number of imidazole rings is 1. The Hall–Kier alpha value is -5.25. The molecule has 0 bridgehead atoms. The van der Waals surface area contributed by atoms with Gasteiger partial charge in [0.25, 0.3) is 5.56 Å². The highest BCUT2D eigenvalue weighted by molar-refractivity contribution is 6.30. The first-order valence-corrected chi connectivity index (χ1v) is 13.7. The quantitative estimate of drug-likeness (QED) is 0.162. The van der Waals surface area contributed by atoms with Crippen molar-refractivity contribution >= 4 is 34.4 Å². The van der Waals surface area contributed by atoms with E-state index < -0.39 is 40.4 Å². The Kier molecular flexibility index (Phi) is 7.87. The van der Waals surface area contributed by atoms with Gasteiger partial charge in [-0.2, -0.15) is 0 Å². The minimum absolute atomic E-state index is 0.100. The second-order valence-corrected chi connectivity index (χ2v) is 10.9. The number of aliphatic hydroxyl groups is 3. The summed E-state index contributed by atoms with van der Waals surface area (Å²) in [6, 6.07) is 16.3. The molecule has 3 unspecified atom stereocenters. The molecule has 0 radical (unpaired) electrons. The minimum Gasteiger partial charge on any atom is -0.479 e. The third-order valence-electron chi connectivity index (χ3n) is 7.92. The fourth-order valence-corrected chi connectivity index (χ4v) is 5.70. The Labute approximate surface area is 260 Å². The standard InChI is InChI=1S/C33H26ClN3O8/c1-4-18-6-5-7-19(14-18)26-23-15-21(33(45,31(42)43)28(38)30(40)41)10-13-24(23)37(3)29(39)27(26)32(44,25-16-35-17-36(25)2)20-8-11-22(34)12-9-20/h1,5-17,28,38,44-45H,2-3H3,(H,40,41)(H,42,43). The molecule has 12 heteroatoms. The van der Waals surface area contributed by atoms with Gasteiger partial charge in [-0.3, -0.25) is 4.79 Å². The van der Waals surface area contributed by atoms with E-state index in [0.717, 1.165) is 6.07 Å². The average Bonchev–Trinajstić information content (AvgIpc) is 3.47. The summed E-state index contributed by atoms with van der Waals surface area (Å²) in [6.45, 7) is 0. The van der Waals surface area contributed by atoms with E-state index in [-0.39, 0.29) is 33.3 Å². The first-order chi connectivity index (χ1) is 21.3. The van der Waals surface area contributed by atoms with Gasteiger partial charge in [0.2, 0.25) is 5.60 Å². The lowest BCUT2D eigenvalue weighted by Gasteiger charge is -2.33. The number of aromatic nitrogens is 3. The predicted octanol–water partition coefficient (Wildman–Crippen LogP) is 2.58. The fourth-order valence-electron chi connectivity index (χ4n) is 5.58. The topological polar surface area (TPSA) is 175 Å². The zero-order valence-electron chi connectivity index (χ0n) is 23.8. The Balaban J connectivity index is 2.04. The van der Waals surface area contributed by atoms with E-state index in [1.165, 1.54) is 40.8 Å². The minimum atomic E-state index is -3.29. The number of hydrogen-bond donors (Lipinski definition) is 5. The Bertz CT molecular complexity index is 2100. The number of carboxylic acid groups (broad SMARTS) is 2. The Morgan fingerprint density at radius 2 is 1.67 bits per heavy atom. The van der Waals surface area contributed by atoms with Crippen LogP contribution >= 0.6 is 11.6 Å². The van der Waals surface area contributed by atoms with Crippen LogP contribution < -0.4 is 5.56 Å². The number of benzene rings is 3. The van der Waals surface area contributed by atoms with Crippen molar-refractivity contribution in [3.05, 3.63) is 123 Å². The summed E-state index contributed by atoms with van der Waals surface area (Å²) in [5.74, 6) is -1.47. The zero-order valence-corrected chi connectivity index (χ0v) is 24.6. The van der Waals surface area contributed by atoms with Crippen molar-refractivity contribution in [2.45, 2.75) is 17.3 Å². The number of halogens is 1. The molecular formula is C33H26ClN3O8. The third kappa shape index (κ3) is 4.86. The summed E-state index contributed by atoms with van der Waals surface area (Å²) in [6.07, 6.45) is 5.77. The van der Waals surface area contributed by atoms with E-state index in [1.54, 1.807) is 55.6 Å². The molecule has 0 aliphatic heterocycles. The predicted molar refractivity (Wildman–Crippen MR) is 164 cm³/mol. The van der Waals surface area contributed by atoms with Gasteiger partial charge in [-0.15, -0.1) is 6.42 Å². The molecule has 0 saturated heterocycles. The summed E-state index contributed by atoms with van der Waals surface area (Å²) >= 11 is 6.17. The maximum Gasteiger partial charge on any atom is 0.343 e. The van der Waals surface area contributed by atoms with Crippen molar-refractivity contribution in [1.29, 1.82) is 0 Å². The van der Waals surface area contributed by atoms with Crippen LogP contribution in [0.25, 0.3) is 22.0 Å². The van der Waals surface area contributed by atoms with Gasteiger partial charge in [0.15, 0.2) is 11.7 Å². The zero-order chi connectivity index (χ0) is 32.8. The number of aliphatic carboxylic acids is 2. The Morgan fingerprint density at radius 1 is 1.00 bits per heavy atom. The number of carbonyl (C=O) groups is 2. The maximum absolute atomic E-state index is 14.5. The van der Waals surface area contributed by atoms with Gasteiger partial charge in [-0.05, 0) is 53.1 Å². The molecule has 0 spiro atoms. The summed E-state index contributed by atoms with van der Waals surface area (Å²) in [4.78, 5) is 42.6. The lowest BCUT2D eigenvalue weighted by atomic mass is 9.78. The van der Waals surface area contributed by atoms with Crippen LogP contribution in [0, 0.1) is 12.3 Å². The summed E-state index contributed by atoms with van der Waals surface area (Å²) in [5, 5.41) is 54.2. The third-order valence-corrected chi connectivity index (χ3v) is 8.17. The number of nitrogens with zero attached hydrogens (tertiary/aromatic N) is 3. The SMILES string of the molecule is C#Cc1cccc(-c2c(C(O)(c3ccc(Cl)cc3)c3cncn3C)c(=O)n(C)c3ccc(C(O)(C(=O)O)C(O)C(=O)O)cc23)c1. The summed E-state index contributed by atoms with van der Waals surface area (Å²) < 4.78 is 2.76. The highest BCUT2D eigenvalue weighted by atomic mass is 35.5. The number of aryl methyl sites for hydroxylation is 2. The second kappa shape index (κ2) is 11.4. The van der Waals surface area contributed by atoms with Crippen molar-refractivity contribution < 1.29 is 35.1 Å². The van der Waals surface area contributed by atoms with E-state index in [4.69, 9.17) is 18.0 Å². The number of aliphatic hydroxyl groups excluding tert-OH is 1. The van der Waals surface area contributed by atoms with Gasteiger partial charge in [0, 0.05) is 35.6 Å². The lowest BCUT2D eigenvalue weighted by molar-refractivity contribution is -0.185. The molecule has 0 saturated carbocycles. The van der Waals surface area contributed by atoms with Crippen LogP contribution in [0.15, 0.2) is 84.0 Å². The van der Waals surface area contributed by atoms with Crippen molar-refractivity contribution in [2.24, 2.45) is 14.1 Å². The van der Waals surface area contributed by atoms with Gasteiger partial charge in [0.1, 0.15) is 0 Å². The smallest absolute Gasteiger partial charge is 0.343 e. The van der Waals surface area contributed by atoms with Crippen LogP contribution in [-0.4, -0.2) is 57.7 Å². The molecule has 3 aromatic carbocycles.